The molecule has 0 aromatic heterocycles. The first-order valence-corrected chi connectivity index (χ1v) is 8.42. The van der Waals surface area contributed by atoms with Crippen molar-refractivity contribution in [2.75, 3.05) is 0 Å². The monoisotopic (exact) mass is 384 g/mol. The van der Waals surface area contributed by atoms with E-state index in [2.05, 4.69) is 13.2 Å². The van der Waals surface area contributed by atoms with E-state index in [4.69, 9.17) is 27.6 Å². The van der Waals surface area contributed by atoms with Crippen LogP contribution in [0.25, 0.3) is 27.9 Å². The summed E-state index contributed by atoms with van der Waals surface area (Å²) in [4.78, 5) is 11.9. The van der Waals surface area contributed by atoms with E-state index < -0.39 is 0 Å². The summed E-state index contributed by atoms with van der Waals surface area (Å²) in [5.41, 5.74) is 2.23. The molecule has 1 aliphatic heterocycles. The Labute approximate surface area is 160 Å². The lowest BCUT2D eigenvalue weighted by atomic mass is 9.93. The molecule has 3 nitrogen and oxygen atoms in total. The number of fused-ring (bicyclic) bond motifs is 2. The molecule has 2 aliphatic rings. The normalized spacial score (nSPS) is 12.2. The van der Waals surface area contributed by atoms with Gasteiger partial charge in [0, 0.05) is 28.6 Å². The third kappa shape index (κ3) is 3.19. The van der Waals surface area contributed by atoms with Gasteiger partial charge in [0.2, 0.25) is 5.43 Å². The van der Waals surface area contributed by atoms with Gasteiger partial charge in [-0.3, -0.25) is 4.79 Å². The van der Waals surface area contributed by atoms with Crippen LogP contribution in [-0.2, 0) is 0 Å². The molecule has 0 saturated carbocycles. The zero-order valence-corrected chi connectivity index (χ0v) is 15.1. The van der Waals surface area contributed by atoms with Gasteiger partial charge in [-0.2, -0.15) is 0 Å². The minimum Gasteiger partial charge on any atom is -0.506 e. The summed E-state index contributed by atoms with van der Waals surface area (Å²) in [5, 5.41) is 10.9. The molecule has 0 fully saturated rings. The van der Waals surface area contributed by atoms with E-state index in [1.807, 2.05) is 12.2 Å². The Bertz CT molecular complexity index is 1120. The molecule has 0 spiro atoms. The van der Waals surface area contributed by atoms with Gasteiger partial charge in [-0.05, 0) is 17.7 Å². The summed E-state index contributed by atoms with van der Waals surface area (Å²) in [5.74, 6) is 0.242. The van der Waals surface area contributed by atoms with E-state index in [1.54, 1.807) is 30.4 Å². The second-order valence-electron chi connectivity index (χ2n) is 5.51. The number of phenolic OH excluding ortho intramolecular Hbond substituents is 1. The molecular formula is C21H14Cl2O3. The number of benzene rings is 2. The Kier molecular flexibility index (Phi) is 5.03. The van der Waals surface area contributed by atoms with Gasteiger partial charge in [-0.1, -0.05) is 66.7 Å². The predicted octanol–water partition coefficient (Wildman–Crippen LogP) is 6.22. The van der Waals surface area contributed by atoms with Crippen LogP contribution in [0.3, 0.4) is 0 Å². The molecule has 0 amide bonds. The number of aromatic hydroxyl groups is 1. The molecule has 1 heterocycles. The molecule has 1 N–H and O–H groups in total. The van der Waals surface area contributed by atoms with Crippen molar-refractivity contribution in [2.45, 2.75) is 0 Å². The maximum atomic E-state index is 11.9. The zero-order chi connectivity index (χ0) is 18.8. The highest BCUT2D eigenvalue weighted by Gasteiger charge is 2.20. The fourth-order valence-electron chi connectivity index (χ4n) is 2.73. The maximum Gasteiger partial charge on any atom is 0.200 e. The topological polar surface area (TPSA) is 50.4 Å². The van der Waals surface area contributed by atoms with Crippen LogP contribution in [0, 0.1) is 0 Å². The Morgan fingerprint density at radius 3 is 2.54 bits per heavy atom. The van der Waals surface area contributed by atoms with Crippen LogP contribution in [-0.4, -0.2) is 5.11 Å². The average molecular weight is 385 g/mol. The van der Waals surface area contributed by atoms with Crippen molar-refractivity contribution in [2.24, 2.45) is 0 Å². The smallest absolute Gasteiger partial charge is 0.200 e. The van der Waals surface area contributed by atoms with Crippen LogP contribution in [0.2, 0.25) is 10.0 Å². The summed E-state index contributed by atoms with van der Waals surface area (Å²) in [6, 6.07) is 5.93. The summed E-state index contributed by atoms with van der Waals surface area (Å²) in [6.45, 7) is 7.44. The lowest BCUT2D eigenvalue weighted by molar-refractivity contribution is 0.474. The number of halogens is 2. The highest BCUT2D eigenvalue weighted by molar-refractivity contribution is 6.33. The van der Waals surface area contributed by atoms with Crippen LogP contribution < -0.4 is 5.43 Å². The number of allylic oxidation sites excluding steroid dienone is 6. The summed E-state index contributed by atoms with van der Waals surface area (Å²) >= 11 is 12.2. The van der Waals surface area contributed by atoms with Gasteiger partial charge >= 0.3 is 0 Å². The molecule has 5 heteroatoms. The Morgan fingerprint density at radius 2 is 1.85 bits per heavy atom. The van der Waals surface area contributed by atoms with Gasteiger partial charge in [-0.15, -0.1) is 0 Å². The van der Waals surface area contributed by atoms with Crippen molar-refractivity contribution in [3.63, 3.8) is 0 Å². The van der Waals surface area contributed by atoms with Gasteiger partial charge in [-0.25, -0.2) is 0 Å². The molecule has 3 rings (SSSR count). The molecule has 1 aromatic rings. The second kappa shape index (κ2) is 7.24. The molecule has 0 bridgehead atoms. The van der Waals surface area contributed by atoms with Crippen molar-refractivity contribution in [3.8, 4) is 17.1 Å². The van der Waals surface area contributed by atoms with E-state index >= 15 is 0 Å². The highest BCUT2D eigenvalue weighted by Crippen LogP contribution is 2.41. The van der Waals surface area contributed by atoms with Crippen LogP contribution >= 0.6 is 23.2 Å². The second-order valence-corrected chi connectivity index (χ2v) is 6.32. The molecule has 1 aromatic carbocycles. The number of hydrogen-bond acceptors (Lipinski definition) is 3. The summed E-state index contributed by atoms with van der Waals surface area (Å²) in [6.07, 6.45) is 8.74. The molecular weight excluding hydrogens is 371 g/mol. The van der Waals surface area contributed by atoms with Crippen LogP contribution in [0.15, 0.2) is 77.0 Å². The third-order valence-corrected chi connectivity index (χ3v) is 4.44. The van der Waals surface area contributed by atoms with Gasteiger partial charge in [0.1, 0.15) is 17.1 Å². The van der Waals surface area contributed by atoms with Crippen molar-refractivity contribution in [1.82, 2.24) is 0 Å². The first-order chi connectivity index (χ1) is 12.5. The van der Waals surface area contributed by atoms with E-state index in [1.165, 1.54) is 12.1 Å². The fourth-order valence-corrected chi connectivity index (χ4v) is 3.06. The number of rotatable bonds is 4. The molecule has 1 aliphatic carbocycles. The SMILES string of the molecule is C=C/C=C\C(=C/C=C)c1c2cc(Cl)c(=O)cc-2oc2cc(O)c(Cl)cc12. The fraction of sp³-hybridized carbons (Fsp3) is 0. The Morgan fingerprint density at radius 1 is 1.08 bits per heavy atom. The lowest BCUT2D eigenvalue weighted by Crippen LogP contribution is -2.03. The standard InChI is InChI=1S/C21H14Cl2O3/c1-3-5-7-12(6-4-2)21-13-8-15(22)17(24)10-19(13)26-20-11-18(25)16(23)9-14(20)21/h3-11,24H,1-2H2/b7-5-,12-6+. The average Bonchev–Trinajstić information content (AvgIpc) is 2.60. The quantitative estimate of drug-likeness (QED) is 0.428. The number of phenols is 1. The van der Waals surface area contributed by atoms with E-state index in [-0.39, 0.29) is 21.2 Å². The molecule has 0 saturated heterocycles. The van der Waals surface area contributed by atoms with E-state index in [0.29, 0.717) is 22.3 Å². The Balaban J connectivity index is 2.55. The number of hydrogen-bond donors (Lipinski definition) is 1. The van der Waals surface area contributed by atoms with Gasteiger partial charge in [0.15, 0.2) is 0 Å². The Hall–Kier alpha value is -2.75. The minimum absolute atomic E-state index is 0.0869. The molecule has 130 valence electrons. The predicted molar refractivity (Wildman–Crippen MR) is 108 cm³/mol. The van der Waals surface area contributed by atoms with Crippen molar-refractivity contribution < 1.29 is 9.52 Å². The molecule has 26 heavy (non-hydrogen) atoms. The molecule has 0 unspecified atom stereocenters. The van der Waals surface area contributed by atoms with Crippen LogP contribution in [0.1, 0.15) is 5.56 Å². The third-order valence-electron chi connectivity index (χ3n) is 3.84. The van der Waals surface area contributed by atoms with Crippen molar-refractivity contribution in [1.29, 1.82) is 0 Å². The summed E-state index contributed by atoms with van der Waals surface area (Å²) < 4.78 is 5.82. The van der Waals surface area contributed by atoms with Crippen molar-refractivity contribution in [3.05, 3.63) is 93.6 Å². The van der Waals surface area contributed by atoms with Gasteiger partial charge in [0.25, 0.3) is 0 Å². The lowest BCUT2D eigenvalue weighted by Gasteiger charge is -2.16. The first kappa shape index (κ1) is 18.1. The van der Waals surface area contributed by atoms with Crippen LogP contribution in [0.4, 0.5) is 0 Å². The van der Waals surface area contributed by atoms with Crippen LogP contribution in [0.5, 0.6) is 5.75 Å². The summed E-state index contributed by atoms with van der Waals surface area (Å²) in [7, 11) is 0. The van der Waals surface area contributed by atoms with E-state index in [9.17, 15) is 9.90 Å². The first-order valence-electron chi connectivity index (χ1n) is 7.67. The van der Waals surface area contributed by atoms with E-state index in [0.717, 1.165) is 11.1 Å². The zero-order valence-electron chi connectivity index (χ0n) is 13.6. The highest BCUT2D eigenvalue weighted by atomic mass is 35.5. The van der Waals surface area contributed by atoms with Gasteiger partial charge in [0.05, 0.1) is 10.0 Å². The molecule has 0 atom stereocenters. The maximum absolute atomic E-state index is 11.9. The largest absolute Gasteiger partial charge is 0.506 e. The minimum atomic E-state index is -0.345. The molecule has 0 radical (unpaired) electrons. The van der Waals surface area contributed by atoms with Gasteiger partial charge < -0.3 is 9.52 Å². The van der Waals surface area contributed by atoms with Crippen molar-refractivity contribution >= 4 is 39.7 Å².